The molecule has 3 rings (SSSR count). The number of fused-ring (bicyclic) bond motifs is 1. The number of aryl methyl sites for hydroxylation is 2. The Morgan fingerprint density at radius 1 is 1.33 bits per heavy atom. The van der Waals surface area contributed by atoms with E-state index in [-0.39, 0.29) is 11.4 Å². The van der Waals surface area contributed by atoms with Crippen LogP contribution in [0.2, 0.25) is 0 Å². The van der Waals surface area contributed by atoms with Crippen molar-refractivity contribution in [2.24, 2.45) is 12.1 Å². The van der Waals surface area contributed by atoms with Crippen molar-refractivity contribution in [3.8, 4) is 5.75 Å². The number of imidazole rings is 1. The first kappa shape index (κ1) is 15.5. The molecule has 24 heavy (non-hydrogen) atoms. The van der Waals surface area contributed by atoms with E-state index in [1.807, 2.05) is 6.92 Å². The highest BCUT2D eigenvalue weighted by atomic mass is 16.3. The molecular weight excluding hydrogens is 312 g/mol. The van der Waals surface area contributed by atoms with Crippen LogP contribution in [0.4, 0.5) is 5.95 Å². The van der Waals surface area contributed by atoms with Crippen LogP contribution in [0.15, 0.2) is 39.0 Å². The summed E-state index contributed by atoms with van der Waals surface area (Å²) in [6.07, 6.45) is 1.56. The van der Waals surface area contributed by atoms with Crippen molar-refractivity contribution in [2.45, 2.75) is 13.5 Å². The molecular formula is C15H16N6O3. The summed E-state index contributed by atoms with van der Waals surface area (Å²) in [5.41, 5.74) is 3.15. The fourth-order valence-electron chi connectivity index (χ4n) is 2.35. The Morgan fingerprint density at radius 2 is 2.04 bits per heavy atom. The number of rotatable bonds is 4. The smallest absolute Gasteiger partial charge is 0.329 e. The fraction of sp³-hybridized carbons (Fsp3) is 0.200. The van der Waals surface area contributed by atoms with Crippen LogP contribution < -0.4 is 16.7 Å². The molecule has 0 saturated carbocycles. The second-order valence-corrected chi connectivity index (χ2v) is 5.13. The van der Waals surface area contributed by atoms with Crippen LogP contribution in [0.1, 0.15) is 12.5 Å². The molecule has 0 saturated heterocycles. The van der Waals surface area contributed by atoms with E-state index in [1.165, 1.54) is 11.6 Å². The number of anilines is 1. The van der Waals surface area contributed by atoms with Crippen LogP contribution in [-0.4, -0.2) is 30.4 Å². The molecule has 3 N–H and O–H groups in total. The van der Waals surface area contributed by atoms with E-state index in [0.717, 1.165) is 5.56 Å². The molecule has 124 valence electrons. The van der Waals surface area contributed by atoms with E-state index in [4.69, 9.17) is 0 Å². The molecule has 9 heteroatoms. The number of hydrazone groups is 1. The van der Waals surface area contributed by atoms with Crippen LogP contribution in [-0.2, 0) is 13.6 Å². The Labute approximate surface area is 135 Å². The maximum Gasteiger partial charge on any atom is 0.329 e. The van der Waals surface area contributed by atoms with Crippen molar-refractivity contribution >= 4 is 23.3 Å². The Hall–Kier alpha value is -3.36. The minimum Gasteiger partial charge on any atom is -0.508 e. The highest BCUT2D eigenvalue weighted by Crippen LogP contribution is 2.15. The Kier molecular flexibility index (Phi) is 3.90. The molecule has 0 amide bonds. The highest BCUT2D eigenvalue weighted by Gasteiger charge is 2.15. The zero-order valence-corrected chi connectivity index (χ0v) is 13.1. The number of nitrogens with zero attached hydrogens (tertiary/aromatic N) is 4. The molecule has 2 heterocycles. The number of benzene rings is 1. The largest absolute Gasteiger partial charge is 0.508 e. The van der Waals surface area contributed by atoms with Crippen LogP contribution in [0.3, 0.4) is 0 Å². The molecule has 3 aromatic rings. The van der Waals surface area contributed by atoms with Gasteiger partial charge in [-0.3, -0.25) is 14.3 Å². The summed E-state index contributed by atoms with van der Waals surface area (Å²) in [5, 5.41) is 13.3. The molecule has 0 unspecified atom stereocenters. The molecule has 2 aromatic heterocycles. The van der Waals surface area contributed by atoms with E-state index in [1.54, 1.807) is 35.0 Å². The third-order valence-electron chi connectivity index (χ3n) is 3.59. The lowest BCUT2D eigenvalue weighted by Gasteiger charge is -2.03. The third kappa shape index (κ3) is 2.67. The lowest BCUT2D eigenvalue weighted by Crippen LogP contribution is -2.29. The van der Waals surface area contributed by atoms with E-state index >= 15 is 0 Å². The number of hydrogen-bond donors (Lipinski definition) is 3. The molecule has 0 fully saturated rings. The zero-order chi connectivity index (χ0) is 17.3. The number of phenolic OH excluding ortho intramolecular Hbond substituents is 1. The number of phenols is 1. The molecule has 0 aliphatic heterocycles. The molecule has 0 radical (unpaired) electrons. The monoisotopic (exact) mass is 328 g/mol. The second kappa shape index (κ2) is 6.03. The molecule has 9 nitrogen and oxygen atoms in total. The summed E-state index contributed by atoms with van der Waals surface area (Å²) in [5.74, 6) is 0.530. The highest BCUT2D eigenvalue weighted by molar-refractivity contribution is 5.80. The lowest BCUT2D eigenvalue weighted by molar-refractivity contribution is 0.475. The molecule has 0 spiro atoms. The van der Waals surface area contributed by atoms with E-state index in [2.05, 4.69) is 20.5 Å². The molecule has 0 bridgehead atoms. The van der Waals surface area contributed by atoms with Gasteiger partial charge in [-0.15, -0.1) is 0 Å². The van der Waals surface area contributed by atoms with Crippen molar-refractivity contribution in [1.82, 2.24) is 19.1 Å². The van der Waals surface area contributed by atoms with Gasteiger partial charge in [0.1, 0.15) is 5.75 Å². The number of nitrogens with one attached hydrogen (secondary N) is 2. The summed E-state index contributed by atoms with van der Waals surface area (Å²) >= 11 is 0. The summed E-state index contributed by atoms with van der Waals surface area (Å²) in [6.45, 7) is 2.34. The van der Waals surface area contributed by atoms with E-state index in [0.29, 0.717) is 18.0 Å². The topological polar surface area (TPSA) is 117 Å². The molecule has 0 aliphatic carbocycles. The van der Waals surface area contributed by atoms with Crippen LogP contribution >= 0.6 is 0 Å². The van der Waals surface area contributed by atoms with Gasteiger partial charge < -0.3 is 9.67 Å². The SMILES string of the molecule is CCn1c(N/N=C/c2ccc(O)cc2)nc2c1c(=O)[nH]c(=O)n2C. The standard InChI is InChI=1S/C15H16N6O3/c1-3-21-11-12(20(2)15(24)18-13(11)23)17-14(21)19-16-8-9-4-6-10(22)7-5-9/h4-8,22H,3H2,1-2H3,(H,17,19)(H,18,23,24)/b16-8+. The minimum atomic E-state index is -0.521. The first-order valence-corrected chi connectivity index (χ1v) is 7.29. The van der Waals surface area contributed by atoms with E-state index < -0.39 is 11.2 Å². The molecule has 0 aliphatic rings. The van der Waals surface area contributed by atoms with Gasteiger partial charge >= 0.3 is 5.69 Å². The Morgan fingerprint density at radius 3 is 2.71 bits per heavy atom. The number of H-pyrrole nitrogens is 1. The molecule has 0 atom stereocenters. The second-order valence-electron chi connectivity index (χ2n) is 5.13. The van der Waals surface area contributed by atoms with Crippen LogP contribution in [0.5, 0.6) is 5.75 Å². The summed E-state index contributed by atoms with van der Waals surface area (Å²) in [7, 11) is 1.54. The number of aromatic hydroxyl groups is 1. The number of hydrogen-bond acceptors (Lipinski definition) is 6. The number of aromatic nitrogens is 4. The predicted octanol–water partition coefficient (Wildman–Crippen LogP) is 0.595. The average Bonchev–Trinajstić information content (AvgIpc) is 2.94. The van der Waals surface area contributed by atoms with Gasteiger partial charge in [-0.05, 0) is 36.8 Å². The van der Waals surface area contributed by atoms with Gasteiger partial charge in [0.05, 0.1) is 6.21 Å². The van der Waals surface area contributed by atoms with Gasteiger partial charge in [-0.1, -0.05) is 0 Å². The van der Waals surface area contributed by atoms with Crippen molar-refractivity contribution in [3.63, 3.8) is 0 Å². The Balaban J connectivity index is 1.99. The van der Waals surface area contributed by atoms with Gasteiger partial charge in [-0.2, -0.15) is 10.1 Å². The van der Waals surface area contributed by atoms with Crippen molar-refractivity contribution < 1.29 is 5.11 Å². The van der Waals surface area contributed by atoms with Gasteiger partial charge in [0.2, 0.25) is 5.95 Å². The summed E-state index contributed by atoms with van der Waals surface area (Å²) in [6, 6.07) is 6.52. The van der Waals surface area contributed by atoms with Crippen LogP contribution in [0.25, 0.3) is 11.2 Å². The summed E-state index contributed by atoms with van der Waals surface area (Å²) < 4.78 is 2.92. The predicted molar refractivity (Wildman–Crippen MR) is 90.6 cm³/mol. The Bertz CT molecular complexity index is 1030. The lowest BCUT2D eigenvalue weighted by atomic mass is 10.2. The first-order chi connectivity index (χ1) is 11.5. The average molecular weight is 328 g/mol. The van der Waals surface area contributed by atoms with Crippen molar-refractivity contribution in [3.05, 3.63) is 50.7 Å². The van der Waals surface area contributed by atoms with E-state index in [9.17, 15) is 14.7 Å². The van der Waals surface area contributed by atoms with Crippen LogP contribution in [0, 0.1) is 0 Å². The van der Waals surface area contributed by atoms with Crippen molar-refractivity contribution in [1.29, 1.82) is 0 Å². The zero-order valence-electron chi connectivity index (χ0n) is 13.1. The number of aromatic amines is 1. The van der Waals surface area contributed by atoms with Gasteiger partial charge in [0, 0.05) is 13.6 Å². The normalized spacial score (nSPS) is 11.4. The van der Waals surface area contributed by atoms with Crippen molar-refractivity contribution in [2.75, 3.05) is 5.43 Å². The maximum absolute atomic E-state index is 12.1. The molecule has 1 aromatic carbocycles. The fourth-order valence-corrected chi connectivity index (χ4v) is 2.35. The van der Waals surface area contributed by atoms with Gasteiger partial charge in [-0.25, -0.2) is 10.2 Å². The van der Waals surface area contributed by atoms with Gasteiger partial charge in [0.15, 0.2) is 11.2 Å². The quantitative estimate of drug-likeness (QED) is 0.479. The minimum absolute atomic E-state index is 0.174. The van der Waals surface area contributed by atoms with Gasteiger partial charge in [0.25, 0.3) is 5.56 Å². The summed E-state index contributed by atoms with van der Waals surface area (Å²) in [4.78, 5) is 30.3. The maximum atomic E-state index is 12.1. The third-order valence-corrected chi connectivity index (χ3v) is 3.59. The first-order valence-electron chi connectivity index (χ1n) is 7.29.